The summed E-state index contributed by atoms with van der Waals surface area (Å²) in [6, 6.07) is 0. The van der Waals surface area contributed by atoms with Crippen molar-refractivity contribution in [2.75, 3.05) is 6.54 Å². The first-order chi connectivity index (χ1) is 8.64. The van der Waals surface area contributed by atoms with Crippen LogP contribution in [0.1, 0.15) is 37.0 Å². The van der Waals surface area contributed by atoms with Crippen LogP contribution in [0.25, 0.3) is 0 Å². The fourth-order valence-electron chi connectivity index (χ4n) is 1.44. The fraction of sp³-hybridized carbons (Fsp3) is 0.636. The molecule has 0 radical (unpaired) electrons. The van der Waals surface area contributed by atoms with Crippen LogP contribution in [0.2, 0.25) is 0 Å². The third kappa shape index (κ3) is 3.94. The summed E-state index contributed by atoms with van der Waals surface area (Å²) in [5.74, 6) is 0.147. The van der Waals surface area contributed by atoms with E-state index < -0.39 is 15.0 Å². The molecular formula is C11H18ClN3O3S. The van der Waals surface area contributed by atoms with E-state index in [2.05, 4.69) is 15.5 Å². The van der Waals surface area contributed by atoms with Crippen molar-refractivity contribution in [2.45, 2.75) is 32.6 Å². The molecule has 0 aromatic carbocycles. The predicted molar refractivity (Wildman–Crippen MR) is 72.7 cm³/mol. The minimum absolute atomic E-state index is 0.191. The number of aromatic amines is 1. The van der Waals surface area contributed by atoms with E-state index in [1.807, 2.05) is 20.8 Å². The molecule has 1 aromatic rings. The first-order valence-electron chi connectivity index (χ1n) is 5.92. The number of nitrogens with zero attached hydrogens (tertiary/aromatic N) is 1. The molecule has 6 nitrogen and oxygen atoms in total. The van der Waals surface area contributed by atoms with Crippen LogP contribution in [-0.4, -0.2) is 31.1 Å². The predicted octanol–water partition coefficient (Wildman–Crippen LogP) is 1.67. The van der Waals surface area contributed by atoms with Gasteiger partial charge in [-0.05, 0) is 18.8 Å². The van der Waals surface area contributed by atoms with Crippen LogP contribution in [0.4, 0.5) is 0 Å². The van der Waals surface area contributed by atoms with Gasteiger partial charge >= 0.3 is 0 Å². The van der Waals surface area contributed by atoms with Crippen LogP contribution in [0.5, 0.6) is 0 Å². The topological polar surface area (TPSA) is 91.9 Å². The highest BCUT2D eigenvalue weighted by Gasteiger charge is 2.26. The molecule has 0 aliphatic rings. The molecule has 1 rings (SSSR count). The Morgan fingerprint density at radius 2 is 2.00 bits per heavy atom. The van der Waals surface area contributed by atoms with Gasteiger partial charge in [0.15, 0.2) is 5.69 Å². The summed E-state index contributed by atoms with van der Waals surface area (Å²) >= 11 is 0. The van der Waals surface area contributed by atoms with Crippen molar-refractivity contribution in [3.8, 4) is 0 Å². The normalized spacial score (nSPS) is 13.6. The Labute approximate surface area is 117 Å². The molecule has 1 atom stereocenters. The van der Waals surface area contributed by atoms with Crippen molar-refractivity contribution in [2.24, 2.45) is 11.8 Å². The number of hydrogen-bond acceptors (Lipinski definition) is 4. The summed E-state index contributed by atoms with van der Waals surface area (Å²) in [5, 5.41) is 8.83. The fourth-order valence-corrected chi connectivity index (χ4v) is 2.79. The second-order valence-electron chi connectivity index (χ2n) is 4.90. The van der Waals surface area contributed by atoms with Gasteiger partial charge < -0.3 is 5.32 Å². The number of amides is 1. The van der Waals surface area contributed by atoms with E-state index in [1.165, 1.54) is 6.92 Å². The lowest BCUT2D eigenvalue weighted by Gasteiger charge is -2.15. The quantitative estimate of drug-likeness (QED) is 0.809. The molecule has 19 heavy (non-hydrogen) atoms. The minimum atomic E-state index is -4.00. The Bertz CT molecular complexity index is 566. The number of nitrogens with one attached hydrogen (secondary N) is 2. The first kappa shape index (κ1) is 16.0. The highest BCUT2D eigenvalue weighted by molar-refractivity contribution is 8.13. The number of H-pyrrole nitrogens is 1. The summed E-state index contributed by atoms with van der Waals surface area (Å²) in [5.41, 5.74) is 0.0560. The molecule has 0 saturated carbocycles. The van der Waals surface area contributed by atoms with E-state index >= 15 is 0 Å². The lowest BCUT2D eigenvalue weighted by molar-refractivity contribution is 0.0936. The number of carbonyl (C=O) groups excluding carboxylic acids is 1. The first-order valence-corrected chi connectivity index (χ1v) is 8.23. The molecule has 1 unspecified atom stereocenters. The molecule has 108 valence electrons. The maximum Gasteiger partial charge on any atom is 0.273 e. The van der Waals surface area contributed by atoms with Gasteiger partial charge in [0.25, 0.3) is 15.0 Å². The molecule has 1 amide bonds. The van der Waals surface area contributed by atoms with Crippen molar-refractivity contribution in [3.05, 3.63) is 11.4 Å². The molecule has 0 bridgehead atoms. The monoisotopic (exact) mass is 307 g/mol. The molecule has 0 saturated heterocycles. The van der Waals surface area contributed by atoms with Gasteiger partial charge in [-0.3, -0.25) is 9.89 Å². The second-order valence-corrected chi connectivity index (χ2v) is 7.40. The highest BCUT2D eigenvalue weighted by atomic mass is 35.7. The van der Waals surface area contributed by atoms with Gasteiger partial charge in [-0.25, -0.2) is 8.42 Å². The average molecular weight is 308 g/mol. The molecule has 1 heterocycles. The number of carbonyl (C=O) groups is 1. The second kappa shape index (κ2) is 5.92. The largest absolute Gasteiger partial charge is 0.350 e. The molecular weight excluding hydrogens is 290 g/mol. The van der Waals surface area contributed by atoms with Crippen molar-refractivity contribution in [3.63, 3.8) is 0 Å². The SMILES string of the molecule is Cc1[nH]nc(C(=O)NCC(C)C(C)C)c1S(=O)(=O)Cl. The van der Waals surface area contributed by atoms with Gasteiger partial charge in [0.05, 0.1) is 5.69 Å². The Morgan fingerprint density at radius 3 is 2.47 bits per heavy atom. The molecule has 1 aromatic heterocycles. The van der Waals surface area contributed by atoms with Crippen molar-refractivity contribution in [1.29, 1.82) is 0 Å². The van der Waals surface area contributed by atoms with Crippen LogP contribution in [0, 0.1) is 18.8 Å². The zero-order valence-electron chi connectivity index (χ0n) is 11.3. The van der Waals surface area contributed by atoms with Crippen LogP contribution < -0.4 is 5.32 Å². The Morgan fingerprint density at radius 1 is 1.42 bits per heavy atom. The van der Waals surface area contributed by atoms with Gasteiger partial charge in [0.1, 0.15) is 4.90 Å². The summed E-state index contributed by atoms with van der Waals surface area (Å²) in [6.45, 7) is 8.04. The summed E-state index contributed by atoms with van der Waals surface area (Å²) in [4.78, 5) is 11.7. The minimum Gasteiger partial charge on any atom is -0.350 e. The van der Waals surface area contributed by atoms with E-state index in [4.69, 9.17) is 10.7 Å². The summed E-state index contributed by atoms with van der Waals surface area (Å²) in [7, 11) is 1.30. The van der Waals surface area contributed by atoms with E-state index in [0.717, 1.165) is 0 Å². The van der Waals surface area contributed by atoms with E-state index in [0.29, 0.717) is 12.5 Å². The standard InChI is InChI=1S/C11H18ClN3O3S/c1-6(2)7(3)5-13-11(16)9-10(19(12,17)18)8(4)14-15-9/h6-7H,5H2,1-4H3,(H,13,16)(H,14,15). The van der Waals surface area contributed by atoms with Crippen LogP contribution in [-0.2, 0) is 9.05 Å². The highest BCUT2D eigenvalue weighted by Crippen LogP contribution is 2.21. The summed E-state index contributed by atoms with van der Waals surface area (Å²) < 4.78 is 22.8. The Hall–Kier alpha value is -1.08. The zero-order valence-corrected chi connectivity index (χ0v) is 12.9. The number of hydrogen-bond donors (Lipinski definition) is 2. The van der Waals surface area contributed by atoms with E-state index in [9.17, 15) is 13.2 Å². The lowest BCUT2D eigenvalue weighted by atomic mass is 9.98. The van der Waals surface area contributed by atoms with Gasteiger partial charge in [-0.15, -0.1) is 0 Å². The third-order valence-electron chi connectivity index (χ3n) is 3.07. The van der Waals surface area contributed by atoms with Crippen LogP contribution in [0.3, 0.4) is 0 Å². The Kier molecular flexibility index (Phi) is 4.98. The van der Waals surface area contributed by atoms with Crippen molar-refractivity contribution < 1.29 is 13.2 Å². The zero-order chi connectivity index (χ0) is 14.8. The van der Waals surface area contributed by atoms with E-state index in [1.54, 1.807) is 0 Å². The van der Waals surface area contributed by atoms with Crippen LogP contribution in [0.15, 0.2) is 4.90 Å². The van der Waals surface area contributed by atoms with Gasteiger partial charge in [-0.2, -0.15) is 5.10 Å². The summed E-state index contributed by atoms with van der Waals surface area (Å²) in [6.07, 6.45) is 0. The maximum atomic E-state index is 11.9. The van der Waals surface area contributed by atoms with Crippen LogP contribution >= 0.6 is 10.7 Å². The molecule has 0 aliphatic heterocycles. The van der Waals surface area contributed by atoms with Crippen molar-refractivity contribution >= 4 is 25.6 Å². The lowest BCUT2D eigenvalue weighted by Crippen LogP contribution is -2.31. The average Bonchev–Trinajstić information content (AvgIpc) is 2.66. The molecule has 8 heteroatoms. The molecule has 0 fully saturated rings. The van der Waals surface area contributed by atoms with Gasteiger partial charge in [-0.1, -0.05) is 20.8 Å². The Balaban J connectivity index is 2.91. The molecule has 2 N–H and O–H groups in total. The maximum absolute atomic E-state index is 11.9. The number of halogens is 1. The van der Waals surface area contributed by atoms with Gasteiger partial charge in [0, 0.05) is 17.2 Å². The molecule has 0 aliphatic carbocycles. The molecule has 0 spiro atoms. The third-order valence-corrected chi connectivity index (χ3v) is 4.52. The number of rotatable bonds is 5. The number of aromatic nitrogens is 2. The smallest absolute Gasteiger partial charge is 0.273 e. The van der Waals surface area contributed by atoms with Crippen molar-refractivity contribution in [1.82, 2.24) is 15.5 Å². The number of aryl methyl sites for hydroxylation is 1. The van der Waals surface area contributed by atoms with Gasteiger partial charge in [0.2, 0.25) is 0 Å². The van der Waals surface area contributed by atoms with E-state index in [-0.39, 0.29) is 22.2 Å².